The number of nitrogens with one attached hydrogen (secondary N) is 7. The number of carbonyl (C=O) groups is 4. The number of halogens is 3. The number of ether oxygens (including phenoxy) is 4. The average molecular weight is 1380 g/mol. The first-order chi connectivity index (χ1) is 46.7. The predicted octanol–water partition coefficient (Wildman–Crippen LogP) is 13.3. The number of carbonyl (C=O) groups excluding carboxylic acids is 4. The highest BCUT2D eigenvalue weighted by Crippen LogP contribution is 2.39. The zero-order chi connectivity index (χ0) is 70.5. The summed E-state index contributed by atoms with van der Waals surface area (Å²) in [5, 5.41) is 34.6. The van der Waals surface area contributed by atoms with Crippen LogP contribution in [-0.2, 0) is 31.0 Å². The Hall–Kier alpha value is -10.3. The number of aldehydes is 1. The van der Waals surface area contributed by atoms with Crippen LogP contribution in [0.2, 0.25) is 15.1 Å². The fourth-order valence-corrected chi connectivity index (χ4v) is 12.3. The monoisotopic (exact) mass is 1380 g/mol. The number of H-pyrrole nitrogens is 2. The third-order valence-corrected chi connectivity index (χ3v) is 17.2. The Morgan fingerprint density at radius 3 is 1.61 bits per heavy atom. The second kappa shape index (κ2) is 32.5. The van der Waals surface area contributed by atoms with Crippen LogP contribution in [0.3, 0.4) is 0 Å². The summed E-state index contributed by atoms with van der Waals surface area (Å²) in [6, 6.07) is 15.5. The van der Waals surface area contributed by atoms with Crippen molar-refractivity contribution in [2.45, 2.75) is 88.6 Å². The Balaban J connectivity index is 0.000000193. The molecule has 7 N–H and O–H groups in total. The number of nitrogens with zero attached hydrogens (tertiary/aromatic N) is 7. The molecule has 11 aromatic rings. The Bertz CT molecular complexity index is 4990. The topological polar surface area (TPSA) is 303 Å². The molecule has 8 heterocycles. The Kier molecular flexibility index (Phi) is 24.3. The standard InChI is InChI=1S/C25H28ClN5O3.C23H23ClN4O3.C12H13ClN2O2.C11H13N3O.H2/c1-6-28-25(32)19-10-16(34-5)9-17(21(19)26)18-8-15-11-29-24-20(14(3)12-30(24)13-33-4)22(15)31(7-2)23(18)27;1-5-25-22(29)17-9-14(31-4)8-15(19(17)24)16-7-13-11-27-21-18(12(3)10-26-21)20(13)28(6-2)23(16)30;1-3-15-12(16)10-7-9(17-2)6-8(4-5-14)11(10)13;1-3-12-10-8(6-15)5-14-11-9(10)7(2)4-13-11;/h8-12,27H,6-7,13H2,1-5H3,(H,28,32);7-11H,5-6H2,1-4H3,(H,25,29)(H,26,27);6-7H,3-4H2,1-2H3,(H,15,16);4-6H,3H2,1-2H3,(H2,12,13,14);1H/i;;;;1+1. The van der Waals surface area contributed by atoms with Crippen LogP contribution in [0.1, 0.15) is 107 Å². The van der Waals surface area contributed by atoms with E-state index in [2.05, 4.69) is 41.2 Å². The molecule has 0 bridgehead atoms. The van der Waals surface area contributed by atoms with Crippen molar-refractivity contribution in [1.82, 2.24) is 54.6 Å². The van der Waals surface area contributed by atoms with Gasteiger partial charge in [-0.05, 0) is 133 Å². The van der Waals surface area contributed by atoms with Crippen molar-refractivity contribution in [3.63, 3.8) is 0 Å². The van der Waals surface area contributed by atoms with Gasteiger partial charge >= 0.3 is 0 Å². The molecule has 23 nitrogen and oxygen atoms in total. The number of aryl methyl sites for hydroxylation is 5. The highest BCUT2D eigenvalue weighted by molar-refractivity contribution is 6.37. The summed E-state index contributed by atoms with van der Waals surface area (Å²) in [7, 11) is 6.20. The highest BCUT2D eigenvalue weighted by atomic mass is 35.5. The summed E-state index contributed by atoms with van der Waals surface area (Å²) in [6.45, 7) is 21.1. The smallest absolute Gasteiger partial charge is 0.258 e. The van der Waals surface area contributed by atoms with Gasteiger partial charge in [0.2, 0.25) is 0 Å². The fourth-order valence-electron chi connectivity index (χ4n) is 11.5. The molecule has 0 fully saturated rings. The quantitative estimate of drug-likeness (QED) is 0.0371. The first kappa shape index (κ1) is 72.6. The van der Waals surface area contributed by atoms with Gasteiger partial charge in [-0.1, -0.05) is 34.8 Å². The maximum Gasteiger partial charge on any atom is 0.258 e. The fraction of sp³-hybridized carbons (Fsp3) is 0.296. The van der Waals surface area contributed by atoms with E-state index in [9.17, 15) is 24.0 Å². The van der Waals surface area contributed by atoms with Gasteiger partial charge in [-0.25, -0.2) is 15.0 Å². The lowest BCUT2D eigenvalue weighted by atomic mass is 10.0. The van der Waals surface area contributed by atoms with Crippen LogP contribution < -0.4 is 46.5 Å². The molecule has 0 saturated heterocycles. The normalized spacial score (nSPS) is 10.9. The summed E-state index contributed by atoms with van der Waals surface area (Å²) in [6.07, 6.45) is 11.9. The number of amides is 3. The van der Waals surface area contributed by atoms with E-state index in [1.165, 1.54) is 21.3 Å². The Morgan fingerprint density at radius 1 is 0.619 bits per heavy atom. The number of rotatable bonds is 19. The van der Waals surface area contributed by atoms with Crippen molar-refractivity contribution < 1.29 is 39.6 Å². The molecule has 97 heavy (non-hydrogen) atoms. The molecule has 0 aliphatic carbocycles. The molecule has 8 aromatic heterocycles. The minimum Gasteiger partial charge on any atom is -0.497 e. The molecule has 0 saturated carbocycles. The molecule has 0 aliphatic heterocycles. The van der Waals surface area contributed by atoms with Crippen molar-refractivity contribution >= 4 is 119 Å². The Labute approximate surface area is 576 Å². The molecule has 0 spiro atoms. The molecule has 508 valence electrons. The number of benzene rings is 3. The van der Waals surface area contributed by atoms with Gasteiger partial charge < -0.3 is 63.9 Å². The lowest BCUT2D eigenvalue weighted by Crippen LogP contribution is -2.24. The first-order valence-corrected chi connectivity index (χ1v) is 32.4. The molecule has 0 aliphatic rings. The molecular weight excluding hydrogens is 1300 g/mol. The Morgan fingerprint density at radius 2 is 1.10 bits per heavy atom. The lowest BCUT2D eigenvalue weighted by Gasteiger charge is -2.17. The second-order valence-electron chi connectivity index (χ2n) is 22.0. The lowest BCUT2D eigenvalue weighted by molar-refractivity contribution is 0.0947. The van der Waals surface area contributed by atoms with Crippen LogP contribution in [0.4, 0.5) is 5.69 Å². The van der Waals surface area contributed by atoms with E-state index in [0.717, 1.165) is 90.1 Å². The van der Waals surface area contributed by atoms with Gasteiger partial charge in [0, 0.05) is 134 Å². The van der Waals surface area contributed by atoms with Gasteiger partial charge in [-0.2, -0.15) is 5.26 Å². The van der Waals surface area contributed by atoms with E-state index >= 15 is 0 Å². The van der Waals surface area contributed by atoms with Crippen LogP contribution in [0.15, 0.2) is 90.5 Å². The summed E-state index contributed by atoms with van der Waals surface area (Å²) in [5.74, 6) is 0.566. The van der Waals surface area contributed by atoms with E-state index in [1.54, 1.807) is 72.7 Å². The number of hydrogen-bond acceptors (Lipinski definition) is 15. The van der Waals surface area contributed by atoms with Crippen LogP contribution in [0.5, 0.6) is 17.2 Å². The minimum absolute atomic E-state index is 0. The van der Waals surface area contributed by atoms with E-state index in [0.29, 0.717) is 112 Å². The summed E-state index contributed by atoms with van der Waals surface area (Å²) < 4.78 is 26.9. The van der Waals surface area contributed by atoms with Crippen molar-refractivity contribution in [2.24, 2.45) is 0 Å². The number of nitriles is 1. The molecule has 11 rings (SSSR count). The van der Waals surface area contributed by atoms with Gasteiger partial charge in [-0.15, -0.1) is 0 Å². The first-order valence-electron chi connectivity index (χ1n) is 31.2. The summed E-state index contributed by atoms with van der Waals surface area (Å²) in [4.78, 5) is 81.0. The van der Waals surface area contributed by atoms with Gasteiger partial charge in [0.25, 0.3) is 23.3 Å². The van der Waals surface area contributed by atoms with E-state index in [1.807, 2.05) is 102 Å². The van der Waals surface area contributed by atoms with Crippen molar-refractivity contribution in [2.75, 3.05) is 59.9 Å². The number of aromatic nitrogens is 8. The van der Waals surface area contributed by atoms with Crippen LogP contribution in [0.25, 0.3) is 77.2 Å². The molecule has 0 atom stereocenters. The number of fused-ring (bicyclic) bond motifs is 7. The van der Waals surface area contributed by atoms with Crippen molar-refractivity contribution in [3.05, 3.63) is 161 Å². The van der Waals surface area contributed by atoms with Gasteiger partial charge in [-0.3, -0.25) is 29.4 Å². The third kappa shape index (κ3) is 14.9. The number of hydrogen-bond donors (Lipinski definition) is 7. The van der Waals surface area contributed by atoms with E-state index < -0.39 is 0 Å². The molecule has 0 radical (unpaired) electrons. The van der Waals surface area contributed by atoms with Crippen molar-refractivity contribution in [1.29, 1.82) is 10.7 Å². The zero-order valence-electron chi connectivity index (χ0n) is 56.3. The second-order valence-corrected chi connectivity index (χ2v) is 23.2. The summed E-state index contributed by atoms with van der Waals surface area (Å²) >= 11 is 19.5. The maximum atomic E-state index is 13.6. The van der Waals surface area contributed by atoms with Crippen molar-refractivity contribution in [3.8, 4) is 45.6 Å². The predicted molar refractivity (Wildman–Crippen MR) is 385 cm³/mol. The number of methoxy groups -OCH3 is 4. The molecule has 0 unspecified atom stereocenters. The minimum atomic E-state index is -0.324. The van der Waals surface area contributed by atoms with Crippen LogP contribution in [0, 0.1) is 37.5 Å². The van der Waals surface area contributed by atoms with Gasteiger partial charge in [0.15, 0.2) is 6.29 Å². The van der Waals surface area contributed by atoms with E-state index in [-0.39, 0.29) is 46.7 Å². The van der Waals surface area contributed by atoms with Crippen LogP contribution >= 0.6 is 34.8 Å². The molecule has 26 heteroatoms. The molecule has 3 aromatic carbocycles. The van der Waals surface area contributed by atoms with Gasteiger partial charge in [0.05, 0.1) is 87.9 Å². The molecule has 3 amide bonds. The SMILES string of the molecule is CCNC(=O)c1cc(OC)cc(-c2cc3cnc4[nH]cc(C)c4c3n(CC)c2=O)c1Cl.CCNC(=O)c1cc(OC)cc(-c2cc3cnc4c(c(C)cn4COC)c3n(CC)c2=N)c1Cl.CCNC(=O)c1cc(OC)cc(CC#N)c1Cl.CCNc1c(C=O)cnc2[nH]cc(C)c12.[2HH]. The maximum absolute atomic E-state index is 13.6. The largest absolute Gasteiger partial charge is 0.497 e. The highest BCUT2D eigenvalue weighted by Gasteiger charge is 2.25. The number of pyridine rings is 5. The van der Waals surface area contributed by atoms with E-state index in [4.69, 9.17) is 69.4 Å². The third-order valence-electron chi connectivity index (χ3n) is 15.9. The zero-order valence-corrected chi connectivity index (χ0v) is 58.5. The number of anilines is 1. The number of aromatic amines is 2. The molecular formula is C71H79Cl3N14O9. The summed E-state index contributed by atoms with van der Waals surface area (Å²) in [5.41, 5.74) is 12.3. The average Bonchev–Trinajstić information content (AvgIpc) is 1.31. The van der Waals surface area contributed by atoms with Crippen LogP contribution in [-0.4, -0.2) is 117 Å². The van der Waals surface area contributed by atoms with Gasteiger partial charge in [0.1, 0.15) is 46.4 Å².